The Kier molecular flexibility index (Phi) is 2.78. The summed E-state index contributed by atoms with van der Waals surface area (Å²) in [6, 6.07) is 3.69. The maximum Gasteiger partial charge on any atom is 0.360 e. The molecular weight excluding hydrogens is 229 g/mol. The lowest BCUT2D eigenvalue weighted by molar-refractivity contribution is -0.136. The predicted molar refractivity (Wildman–Crippen MR) is 55.8 cm³/mol. The number of halogens is 1. The van der Waals surface area contributed by atoms with E-state index in [0.717, 1.165) is 12.1 Å². The van der Waals surface area contributed by atoms with Crippen molar-refractivity contribution in [1.29, 1.82) is 0 Å². The first-order chi connectivity index (χ1) is 8.10. The second kappa shape index (κ2) is 4.25. The Morgan fingerprint density at radius 1 is 1.53 bits per heavy atom. The molecule has 1 aliphatic heterocycles. The Balaban J connectivity index is 2.33. The first-order valence-electron chi connectivity index (χ1n) is 4.68. The van der Waals surface area contributed by atoms with Crippen LogP contribution in [0.4, 0.5) is 10.1 Å². The molecule has 1 heterocycles. The van der Waals surface area contributed by atoms with Gasteiger partial charge in [-0.1, -0.05) is 0 Å². The van der Waals surface area contributed by atoms with Gasteiger partial charge < -0.3 is 14.8 Å². The van der Waals surface area contributed by atoms with Crippen molar-refractivity contribution >= 4 is 17.6 Å². The molecule has 88 valence electrons. The van der Waals surface area contributed by atoms with Gasteiger partial charge >= 0.3 is 11.9 Å². The molecule has 0 bridgehead atoms. The van der Waals surface area contributed by atoms with Gasteiger partial charge in [-0.15, -0.1) is 0 Å². The molecule has 0 aliphatic carbocycles. The minimum Gasteiger partial charge on any atom is -0.466 e. The Morgan fingerprint density at radius 2 is 2.29 bits per heavy atom. The van der Waals surface area contributed by atoms with Crippen LogP contribution in [0.5, 0.6) is 5.75 Å². The molecule has 6 heteroatoms. The number of fused-ring (bicyclic) bond motifs is 1. The van der Waals surface area contributed by atoms with Crippen LogP contribution in [0.25, 0.3) is 0 Å². The van der Waals surface area contributed by atoms with Gasteiger partial charge in [0.05, 0.1) is 18.9 Å². The fourth-order valence-electron chi connectivity index (χ4n) is 1.31. The average Bonchev–Trinajstić information content (AvgIpc) is 2.30. The van der Waals surface area contributed by atoms with Gasteiger partial charge in [0, 0.05) is 6.07 Å². The van der Waals surface area contributed by atoms with E-state index < -0.39 is 17.8 Å². The lowest BCUT2D eigenvalue weighted by Gasteiger charge is -2.19. The Labute approximate surface area is 95.8 Å². The number of hydrogen-bond acceptors (Lipinski definition) is 5. The van der Waals surface area contributed by atoms with E-state index in [1.807, 2.05) is 0 Å². The molecule has 5 nitrogen and oxygen atoms in total. The van der Waals surface area contributed by atoms with Crippen LogP contribution in [0.1, 0.15) is 0 Å². The van der Waals surface area contributed by atoms with E-state index in [1.165, 1.54) is 19.2 Å². The molecule has 0 fully saturated rings. The van der Waals surface area contributed by atoms with Crippen molar-refractivity contribution in [3.05, 3.63) is 35.8 Å². The second-order valence-electron chi connectivity index (χ2n) is 3.24. The third kappa shape index (κ3) is 2.25. The fourth-order valence-corrected chi connectivity index (χ4v) is 1.31. The molecule has 0 unspecified atom stereocenters. The number of nitrogens with one attached hydrogen (secondary N) is 1. The summed E-state index contributed by atoms with van der Waals surface area (Å²) in [7, 11) is 1.19. The van der Waals surface area contributed by atoms with Crippen LogP contribution in [0, 0.1) is 5.82 Å². The van der Waals surface area contributed by atoms with Crippen molar-refractivity contribution in [3.63, 3.8) is 0 Å². The molecule has 0 atom stereocenters. The highest BCUT2D eigenvalue weighted by atomic mass is 19.1. The highest BCUT2D eigenvalue weighted by molar-refractivity contribution is 6.02. The summed E-state index contributed by atoms with van der Waals surface area (Å²) in [5, 5.41) is 2.66. The number of ether oxygens (including phenoxy) is 2. The van der Waals surface area contributed by atoms with Crippen LogP contribution in [0.15, 0.2) is 30.0 Å². The summed E-state index contributed by atoms with van der Waals surface area (Å²) in [5.41, 5.74) is 0.345. The van der Waals surface area contributed by atoms with Crippen LogP contribution in [-0.2, 0) is 14.3 Å². The van der Waals surface area contributed by atoms with Gasteiger partial charge in [0.1, 0.15) is 11.5 Å². The van der Waals surface area contributed by atoms with Gasteiger partial charge in [0.15, 0.2) is 5.75 Å². The predicted octanol–water partition coefficient (Wildman–Crippen LogP) is 1.21. The maximum atomic E-state index is 12.9. The fraction of sp³-hybridized carbons (Fsp3) is 0.0909. The van der Waals surface area contributed by atoms with Gasteiger partial charge in [-0.2, -0.15) is 0 Å². The third-order valence-corrected chi connectivity index (χ3v) is 2.10. The van der Waals surface area contributed by atoms with E-state index in [9.17, 15) is 14.0 Å². The summed E-state index contributed by atoms with van der Waals surface area (Å²) in [4.78, 5) is 22.4. The van der Waals surface area contributed by atoms with Crippen molar-refractivity contribution in [2.75, 3.05) is 12.4 Å². The summed E-state index contributed by atoms with van der Waals surface area (Å²) >= 11 is 0. The minimum atomic E-state index is -0.770. The van der Waals surface area contributed by atoms with E-state index in [1.54, 1.807) is 0 Å². The SMILES string of the molecule is COC(=O)/C=C1\Nc2ccc(F)cc2OC1=O. The van der Waals surface area contributed by atoms with Crippen molar-refractivity contribution in [3.8, 4) is 5.75 Å². The van der Waals surface area contributed by atoms with Gasteiger partial charge in [-0.25, -0.2) is 14.0 Å². The number of hydrogen-bond donors (Lipinski definition) is 1. The van der Waals surface area contributed by atoms with E-state index in [4.69, 9.17) is 4.74 Å². The normalized spacial score (nSPS) is 15.9. The zero-order chi connectivity index (χ0) is 12.4. The molecule has 0 spiro atoms. The summed E-state index contributed by atoms with van der Waals surface area (Å²) in [6.45, 7) is 0. The summed E-state index contributed by atoms with van der Waals surface area (Å²) < 4.78 is 22.1. The standard InChI is InChI=1S/C11H8FNO4/c1-16-10(14)5-8-11(15)17-9-4-6(12)2-3-7(9)13-8/h2-5,13H,1H3/b8-5-. The van der Waals surface area contributed by atoms with Crippen LogP contribution < -0.4 is 10.1 Å². The number of rotatable bonds is 1. The molecule has 2 rings (SSSR count). The number of carbonyl (C=O) groups is 2. The lowest BCUT2D eigenvalue weighted by atomic mass is 10.2. The first kappa shape index (κ1) is 11.1. The van der Waals surface area contributed by atoms with E-state index >= 15 is 0 Å². The van der Waals surface area contributed by atoms with Crippen LogP contribution in [0.3, 0.4) is 0 Å². The number of carbonyl (C=O) groups excluding carboxylic acids is 2. The highest BCUT2D eigenvalue weighted by Gasteiger charge is 2.23. The number of benzene rings is 1. The molecule has 1 N–H and O–H groups in total. The van der Waals surface area contributed by atoms with Crippen molar-refractivity contribution in [2.24, 2.45) is 0 Å². The zero-order valence-electron chi connectivity index (χ0n) is 8.82. The van der Waals surface area contributed by atoms with E-state index in [0.29, 0.717) is 5.69 Å². The Bertz CT molecular complexity index is 524. The van der Waals surface area contributed by atoms with Crippen LogP contribution in [0.2, 0.25) is 0 Å². The largest absolute Gasteiger partial charge is 0.466 e. The molecule has 1 aromatic carbocycles. The van der Waals surface area contributed by atoms with Crippen molar-refractivity contribution in [1.82, 2.24) is 0 Å². The maximum absolute atomic E-state index is 12.9. The molecule has 1 aliphatic rings. The molecule has 0 amide bonds. The van der Waals surface area contributed by atoms with Gasteiger partial charge in [0.2, 0.25) is 0 Å². The van der Waals surface area contributed by atoms with Gasteiger partial charge in [0.25, 0.3) is 0 Å². The Morgan fingerprint density at radius 3 is 3.00 bits per heavy atom. The topological polar surface area (TPSA) is 64.6 Å². The van der Waals surface area contributed by atoms with Gasteiger partial charge in [-0.05, 0) is 12.1 Å². The highest BCUT2D eigenvalue weighted by Crippen LogP contribution is 2.30. The van der Waals surface area contributed by atoms with E-state index in [2.05, 4.69) is 10.1 Å². The Hall–Kier alpha value is -2.37. The van der Waals surface area contributed by atoms with Gasteiger partial charge in [-0.3, -0.25) is 0 Å². The molecule has 1 aromatic rings. The molecule has 0 saturated carbocycles. The number of esters is 2. The zero-order valence-corrected chi connectivity index (χ0v) is 8.82. The third-order valence-electron chi connectivity index (χ3n) is 2.10. The van der Waals surface area contributed by atoms with Crippen molar-refractivity contribution in [2.45, 2.75) is 0 Å². The average molecular weight is 237 g/mol. The lowest BCUT2D eigenvalue weighted by Crippen LogP contribution is -2.24. The molecule has 0 radical (unpaired) electrons. The summed E-state index contributed by atoms with van der Waals surface area (Å²) in [6.07, 6.45) is 0.967. The summed E-state index contributed by atoms with van der Waals surface area (Å²) in [5.74, 6) is -1.89. The smallest absolute Gasteiger partial charge is 0.360 e. The first-order valence-corrected chi connectivity index (χ1v) is 4.68. The number of anilines is 1. The quantitative estimate of drug-likeness (QED) is 0.452. The second-order valence-corrected chi connectivity index (χ2v) is 3.24. The minimum absolute atomic E-state index is 0.0593. The van der Waals surface area contributed by atoms with Crippen LogP contribution >= 0.6 is 0 Å². The molecule has 17 heavy (non-hydrogen) atoms. The number of methoxy groups -OCH3 is 1. The molecular formula is C11H8FNO4. The van der Waals surface area contributed by atoms with Crippen molar-refractivity contribution < 1.29 is 23.5 Å². The monoisotopic (exact) mass is 237 g/mol. The van der Waals surface area contributed by atoms with E-state index in [-0.39, 0.29) is 11.4 Å². The molecule has 0 aromatic heterocycles. The van der Waals surface area contributed by atoms with Crippen LogP contribution in [-0.4, -0.2) is 19.0 Å². The molecule has 0 saturated heterocycles.